The maximum Gasteiger partial charge on any atom is 0.119 e. The fraction of sp³-hybridized carbons (Fsp3) is 0.200. The van der Waals surface area contributed by atoms with Crippen LogP contribution in [0.4, 0.5) is 0 Å². The summed E-state index contributed by atoms with van der Waals surface area (Å²) in [7, 11) is 10.2. The fourth-order valence-electron chi connectivity index (χ4n) is 0.284. The molecule has 0 aromatic heterocycles. The molecular formula is C5H6B2OS. The number of thioether (sulfide) groups is 1. The third-order valence-electron chi connectivity index (χ3n) is 0.698. The molecule has 0 aliphatic rings. The number of aliphatic hydroxyl groups excluding tert-OH is 1. The van der Waals surface area contributed by atoms with Gasteiger partial charge < -0.3 is 5.11 Å². The van der Waals surface area contributed by atoms with Crippen molar-refractivity contribution in [1.29, 1.82) is 0 Å². The van der Waals surface area contributed by atoms with Crippen molar-refractivity contribution in [1.82, 2.24) is 0 Å². The zero-order valence-corrected chi connectivity index (χ0v) is 5.98. The first-order chi connectivity index (χ1) is 4.22. The molecule has 44 valence electrons. The topological polar surface area (TPSA) is 20.2 Å². The van der Waals surface area contributed by atoms with Gasteiger partial charge in [0.25, 0.3) is 0 Å². The van der Waals surface area contributed by atoms with Crippen molar-refractivity contribution in [3.63, 3.8) is 0 Å². The van der Waals surface area contributed by atoms with Crippen molar-refractivity contribution in [2.45, 2.75) is 0 Å². The number of hydrogen-bond donors (Lipinski definition) is 1. The minimum atomic E-state index is -0.0793. The van der Waals surface area contributed by atoms with Crippen LogP contribution < -0.4 is 0 Å². The smallest absolute Gasteiger partial charge is 0.119 e. The molecule has 0 aromatic rings. The van der Waals surface area contributed by atoms with E-state index in [1.165, 1.54) is 11.8 Å². The third-order valence-corrected chi connectivity index (χ3v) is 1.19. The number of aliphatic hydroxyl groups is 1. The molecule has 0 amide bonds. The van der Waals surface area contributed by atoms with Gasteiger partial charge in [-0.1, -0.05) is 11.4 Å². The van der Waals surface area contributed by atoms with Crippen molar-refractivity contribution < 1.29 is 5.11 Å². The summed E-state index contributed by atoms with van der Waals surface area (Å²) in [6.45, 7) is 0. The highest BCUT2D eigenvalue weighted by atomic mass is 32.2. The van der Waals surface area contributed by atoms with Gasteiger partial charge in [0.1, 0.15) is 15.7 Å². The quantitative estimate of drug-likeness (QED) is 0.346. The summed E-state index contributed by atoms with van der Waals surface area (Å²) in [6.07, 6.45) is 1.84. The van der Waals surface area contributed by atoms with Crippen LogP contribution in [0.15, 0.2) is 22.6 Å². The van der Waals surface area contributed by atoms with Gasteiger partial charge in [0.15, 0.2) is 0 Å². The van der Waals surface area contributed by atoms with E-state index in [9.17, 15) is 0 Å². The summed E-state index contributed by atoms with van der Waals surface area (Å²) in [5.74, 6) is 0.978. The maximum absolute atomic E-state index is 8.79. The Morgan fingerprint density at radius 1 is 1.67 bits per heavy atom. The summed E-state index contributed by atoms with van der Waals surface area (Å²) < 4.78 is 0. The van der Waals surface area contributed by atoms with Crippen LogP contribution in [0.2, 0.25) is 0 Å². The molecule has 0 spiro atoms. The monoisotopic (exact) mass is 136 g/mol. The molecule has 0 heterocycles. The Labute approximate surface area is 62.0 Å². The van der Waals surface area contributed by atoms with E-state index < -0.39 is 0 Å². The lowest BCUT2D eigenvalue weighted by atomic mass is 9.93. The van der Waals surface area contributed by atoms with Crippen LogP contribution in [-0.2, 0) is 0 Å². The summed E-state index contributed by atoms with van der Waals surface area (Å²) in [4.78, 5) is 0. The fourth-order valence-corrected chi connectivity index (χ4v) is 0.658. The zero-order chi connectivity index (χ0) is 7.28. The second kappa shape index (κ2) is 4.62. The molecule has 4 heteroatoms. The van der Waals surface area contributed by atoms with Crippen LogP contribution in [0.3, 0.4) is 0 Å². The zero-order valence-electron chi connectivity index (χ0n) is 5.16. The van der Waals surface area contributed by atoms with E-state index in [1.807, 2.05) is 6.26 Å². The standard InChI is InChI=1S/C5H6B2OS/c1-9-3-4(7)5(8)2-6/h2-3,8H,1H3/b4-3-,5-2+. The first-order valence-electron chi connectivity index (χ1n) is 2.32. The van der Waals surface area contributed by atoms with E-state index in [4.69, 9.17) is 20.8 Å². The Morgan fingerprint density at radius 3 is 2.56 bits per heavy atom. The van der Waals surface area contributed by atoms with Crippen molar-refractivity contribution in [3.05, 3.63) is 22.6 Å². The third kappa shape index (κ3) is 3.35. The maximum atomic E-state index is 8.79. The average molecular weight is 136 g/mol. The van der Waals surface area contributed by atoms with Crippen LogP contribution in [0, 0.1) is 0 Å². The molecule has 0 fully saturated rings. The Kier molecular flexibility index (Phi) is 4.50. The molecule has 0 aliphatic carbocycles. The molecule has 4 radical (unpaired) electrons. The van der Waals surface area contributed by atoms with Crippen molar-refractivity contribution in [2.75, 3.05) is 6.26 Å². The molecular weight excluding hydrogens is 130 g/mol. The molecule has 0 aliphatic heterocycles. The molecule has 0 atom stereocenters. The van der Waals surface area contributed by atoms with Crippen LogP contribution in [0.25, 0.3) is 0 Å². The predicted molar refractivity (Wildman–Crippen MR) is 43.8 cm³/mol. The van der Waals surface area contributed by atoms with Crippen molar-refractivity contribution in [2.24, 2.45) is 0 Å². The van der Waals surface area contributed by atoms with Gasteiger partial charge in [-0.2, -0.15) is 0 Å². The van der Waals surface area contributed by atoms with Gasteiger partial charge in [0, 0.05) is 0 Å². The van der Waals surface area contributed by atoms with E-state index in [2.05, 4.69) is 0 Å². The molecule has 0 aromatic carbocycles. The van der Waals surface area contributed by atoms with Gasteiger partial charge in [0.05, 0.1) is 5.76 Å². The van der Waals surface area contributed by atoms with Crippen molar-refractivity contribution >= 4 is 27.5 Å². The average Bonchev–Trinajstić information content (AvgIpc) is 1.87. The number of hydrogen-bond acceptors (Lipinski definition) is 2. The highest BCUT2D eigenvalue weighted by Gasteiger charge is 1.89. The summed E-state index contributed by atoms with van der Waals surface area (Å²) >= 11 is 1.41. The van der Waals surface area contributed by atoms with E-state index in [-0.39, 0.29) is 5.76 Å². The van der Waals surface area contributed by atoms with Crippen LogP contribution in [-0.4, -0.2) is 27.1 Å². The predicted octanol–water partition coefficient (Wildman–Crippen LogP) is 0.927. The molecule has 0 unspecified atom stereocenters. The Bertz CT molecular complexity index is 142. The minimum Gasteiger partial charge on any atom is -0.510 e. The van der Waals surface area contributed by atoms with Gasteiger partial charge in [-0.3, -0.25) is 0 Å². The second-order valence-electron chi connectivity index (χ2n) is 1.36. The lowest BCUT2D eigenvalue weighted by Crippen LogP contribution is -1.86. The van der Waals surface area contributed by atoms with Gasteiger partial charge in [-0.05, 0) is 11.7 Å². The Hall–Kier alpha value is -0.240. The highest BCUT2D eigenvalue weighted by Crippen LogP contribution is 2.05. The molecule has 1 N–H and O–H groups in total. The van der Waals surface area contributed by atoms with E-state index in [0.29, 0.717) is 5.47 Å². The minimum absolute atomic E-state index is 0.0793. The van der Waals surface area contributed by atoms with E-state index in [0.717, 1.165) is 5.98 Å². The largest absolute Gasteiger partial charge is 0.510 e. The number of rotatable bonds is 2. The SMILES string of the molecule is [B]/C=C(O)\C([B])=C\SC. The van der Waals surface area contributed by atoms with Crippen LogP contribution in [0.5, 0.6) is 0 Å². The van der Waals surface area contributed by atoms with Crippen LogP contribution in [0.1, 0.15) is 0 Å². The van der Waals surface area contributed by atoms with Gasteiger partial charge in [-0.25, -0.2) is 0 Å². The van der Waals surface area contributed by atoms with Crippen LogP contribution >= 0.6 is 11.8 Å². The Balaban J connectivity index is 4.03. The molecule has 1 nitrogen and oxygen atoms in total. The van der Waals surface area contributed by atoms with Gasteiger partial charge in [0.2, 0.25) is 0 Å². The normalized spacial score (nSPS) is 13.9. The summed E-state index contributed by atoms with van der Waals surface area (Å²) in [5.41, 5.74) is 0.296. The second-order valence-corrected chi connectivity index (χ2v) is 2.07. The lowest BCUT2D eigenvalue weighted by molar-refractivity contribution is 0.431. The summed E-state index contributed by atoms with van der Waals surface area (Å²) in [6, 6.07) is 0. The van der Waals surface area contributed by atoms with E-state index in [1.54, 1.807) is 5.41 Å². The van der Waals surface area contributed by atoms with Crippen molar-refractivity contribution in [3.8, 4) is 0 Å². The Morgan fingerprint density at radius 2 is 2.22 bits per heavy atom. The highest BCUT2D eigenvalue weighted by molar-refractivity contribution is 8.01. The molecule has 0 rings (SSSR count). The molecule has 0 saturated carbocycles. The lowest BCUT2D eigenvalue weighted by Gasteiger charge is -1.96. The number of allylic oxidation sites excluding steroid dienone is 1. The van der Waals surface area contributed by atoms with Gasteiger partial charge >= 0.3 is 0 Å². The summed E-state index contributed by atoms with van der Waals surface area (Å²) in [5, 5.41) is 10.4. The molecule has 0 saturated heterocycles. The first-order valence-corrected chi connectivity index (χ1v) is 3.60. The first kappa shape index (κ1) is 8.76. The molecule has 0 bridgehead atoms. The van der Waals surface area contributed by atoms with Gasteiger partial charge in [-0.15, -0.1) is 11.8 Å². The molecule has 9 heavy (non-hydrogen) atoms. The van der Waals surface area contributed by atoms with E-state index >= 15 is 0 Å².